The fourth-order valence-corrected chi connectivity index (χ4v) is 3.78. The van der Waals surface area contributed by atoms with Gasteiger partial charge in [-0.05, 0) is 30.7 Å². The molecule has 1 aliphatic carbocycles. The third-order valence-electron chi connectivity index (χ3n) is 4.22. The summed E-state index contributed by atoms with van der Waals surface area (Å²) in [5, 5.41) is 8.98. The third-order valence-corrected chi connectivity index (χ3v) is 5.32. The van der Waals surface area contributed by atoms with E-state index >= 15 is 0 Å². The number of Topliss-reactive ketones (excluding diaryl/α,β-unsaturated/α-hetero) is 1. The van der Waals surface area contributed by atoms with E-state index < -0.39 is 17.5 Å². The van der Waals surface area contributed by atoms with Crippen molar-refractivity contribution in [2.75, 3.05) is 18.2 Å². The summed E-state index contributed by atoms with van der Waals surface area (Å²) in [5.41, 5.74) is 0.511. The molecule has 2 aromatic rings. The van der Waals surface area contributed by atoms with Gasteiger partial charge in [0.05, 0.1) is 17.6 Å². The molecule has 1 aromatic carbocycles. The Balaban J connectivity index is 1.49. The Morgan fingerprint density at radius 1 is 1.17 bits per heavy atom. The normalized spacial score (nSPS) is 12.9. The molecule has 1 amide bonds. The van der Waals surface area contributed by atoms with Gasteiger partial charge in [0.25, 0.3) is 0 Å². The quantitative estimate of drug-likeness (QED) is 0.504. The first-order chi connectivity index (χ1) is 14.0. The third kappa shape index (κ3) is 4.80. The van der Waals surface area contributed by atoms with Gasteiger partial charge < -0.3 is 10.1 Å². The number of allylic oxidation sites excluding steroid dienone is 2. The smallest absolute Gasteiger partial charge is 0.356 e. The van der Waals surface area contributed by atoms with Crippen molar-refractivity contribution in [3.05, 3.63) is 58.3 Å². The summed E-state index contributed by atoms with van der Waals surface area (Å²) in [5.74, 6) is -1.13. The average Bonchev–Trinajstić information content (AvgIpc) is 3.17. The number of benzene rings is 1. The molecule has 0 fully saturated rings. The van der Waals surface area contributed by atoms with Crippen LogP contribution < -0.4 is 5.32 Å². The van der Waals surface area contributed by atoms with Gasteiger partial charge in [0.2, 0.25) is 17.5 Å². The van der Waals surface area contributed by atoms with E-state index in [1.165, 1.54) is 24.9 Å². The molecule has 150 valence electrons. The van der Waals surface area contributed by atoms with Crippen LogP contribution in [0.1, 0.15) is 50.6 Å². The van der Waals surface area contributed by atoms with Gasteiger partial charge in [0.15, 0.2) is 5.69 Å². The number of nitrogens with zero attached hydrogens (tertiary/aromatic N) is 1. The molecule has 0 unspecified atom stereocenters. The minimum absolute atomic E-state index is 0.0471. The minimum Gasteiger partial charge on any atom is -0.464 e. The van der Waals surface area contributed by atoms with Crippen LogP contribution in [0, 0.1) is 0 Å². The van der Waals surface area contributed by atoms with Crippen molar-refractivity contribution >= 4 is 40.9 Å². The molecule has 8 nitrogen and oxygen atoms in total. The number of unbranched alkanes of at least 4 members (excludes halogenated alkanes) is 1. The Kier molecular flexibility index (Phi) is 6.61. The molecule has 0 bridgehead atoms. The van der Waals surface area contributed by atoms with Crippen LogP contribution in [0.4, 0.5) is 5.69 Å². The molecular weight excluding hydrogens is 394 g/mol. The van der Waals surface area contributed by atoms with E-state index in [1.807, 2.05) is 30.3 Å². The second-order valence-corrected chi connectivity index (χ2v) is 7.37. The first kappa shape index (κ1) is 20.5. The van der Waals surface area contributed by atoms with Gasteiger partial charge in [-0.1, -0.05) is 18.2 Å². The Hall–Kier alpha value is -3.20. The number of nitrogens with one attached hydrogen (secondary N) is 2. The SMILES string of the molecule is COC(=O)c1[nH]nc2c1C(=O)C(SCCCCC(=O)Nc1ccccc1)=CC2=O. The van der Waals surface area contributed by atoms with Crippen LogP contribution in [0.3, 0.4) is 0 Å². The molecule has 0 aliphatic heterocycles. The number of H-pyrrole nitrogens is 1. The number of hydrogen-bond acceptors (Lipinski definition) is 7. The zero-order valence-corrected chi connectivity index (χ0v) is 16.5. The number of ether oxygens (including phenoxy) is 1. The van der Waals surface area contributed by atoms with Crippen LogP contribution in [0.5, 0.6) is 0 Å². The average molecular weight is 413 g/mol. The molecule has 0 saturated carbocycles. The van der Waals surface area contributed by atoms with Crippen molar-refractivity contribution < 1.29 is 23.9 Å². The monoisotopic (exact) mass is 413 g/mol. The number of carbonyl (C=O) groups excluding carboxylic acids is 4. The molecule has 2 N–H and O–H groups in total. The number of methoxy groups -OCH3 is 1. The van der Waals surface area contributed by atoms with E-state index in [4.69, 9.17) is 0 Å². The zero-order valence-electron chi connectivity index (χ0n) is 15.7. The van der Waals surface area contributed by atoms with Gasteiger partial charge >= 0.3 is 5.97 Å². The number of aromatic nitrogens is 2. The maximum Gasteiger partial charge on any atom is 0.356 e. The summed E-state index contributed by atoms with van der Waals surface area (Å²) in [6.07, 6.45) is 2.93. The largest absolute Gasteiger partial charge is 0.464 e. The number of hydrogen-bond donors (Lipinski definition) is 2. The van der Waals surface area contributed by atoms with Crippen molar-refractivity contribution in [2.24, 2.45) is 0 Å². The van der Waals surface area contributed by atoms with E-state index in [-0.39, 0.29) is 27.8 Å². The van der Waals surface area contributed by atoms with Crippen molar-refractivity contribution in [3.63, 3.8) is 0 Å². The number of thioether (sulfide) groups is 1. The number of carbonyl (C=O) groups is 4. The Morgan fingerprint density at radius 3 is 2.66 bits per heavy atom. The summed E-state index contributed by atoms with van der Waals surface area (Å²) in [6, 6.07) is 9.20. The molecule has 0 saturated heterocycles. The van der Waals surface area contributed by atoms with Crippen molar-refractivity contribution in [3.8, 4) is 0 Å². The number of anilines is 1. The maximum absolute atomic E-state index is 12.7. The second kappa shape index (κ2) is 9.33. The number of aromatic amines is 1. The molecule has 1 aromatic heterocycles. The lowest BCUT2D eigenvalue weighted by Crippen LogP contribution is -2.18. The molecule has 0 spiro atoms. The lowest BCUT2D eigenvalue weighted by Gasteiger charge is -2.11. The van der Waals surface area contributed by atoms with Gasteiger partial charge in [-0.2, -0.15) is 5.10 Å². The molecule has 1 aliphatic rings. The Morgan fingerprint density at radius 2 is 1.93 bits per heavy atom. The number of amides is 1. The molecule has 0 radical (unpaired) electrons. The van der Waals surface area contributed by atoms with Crippen molar-refractivity contribution in [1.82, 2.24) is 10.2 Å². The predicted molar refractivity (Wildman–Crippen MR) is 108 cm³/mol. The van der Waals surface area contributed by atoms with Gasteiger partial charge in [-0.15, -0.1) is 11.8 Å². The maximum atomic E-state index is 12.7. The van der Waals surface area contributed by atoms with Gasteiger partial charge in [-0.3, -0.25) is 19.5 Å². The molecule has 9 heteroatoms. The number of rotatable bonds is 8. The van der Waals surface area contributed by atoms with E-state index in [0.717, 1.165) is 5.69 Å². The Labute approximate surface area is 171 Å². The van der Waals surface area contributed by atoms with E-state index in [0.29, 0.717) is 25.0 Å². The highest BCUT2D eigenvalue weighted by molar-refractivity contribution is 8.04. The first-order valence-corrected chi connectivity index (χ1v) is 9.95. The topological polar surface area (TPSA) is 118 Å². The molecule has 1 heterocycles. The van der Waals surface area contributed by atoms with Crippen LogP contribution in [0.2, 0.25) is 0 Å². The van der Waals surface area contributed by atoms with Crippen LogP contribution in [0.25, 0.3) is 0 Å². The van der Waals surface area contributed by atoms with Gasteiger partial charge in [0.1, 0.15) is 5.69 Å². The summed E-state index contributed by atoms with van der Waals surface area (Å²) in [4.78, 5) is 48.8. The van der Waals surface area contributed by atoms with Gasteiger partial charge in [-0.25, -0.2) is 4.79 Å². The summed E-state index contributed by atoms with van der Waals surface area (Å²) >= 11 is 1.23. The van der Waals surface area contributed by atoms with E-state index in [2.05, 4.69) is 20.3 Å². The highest BCUT2D eigenvalue weighted by Crippen LogP contribution is 2.30. The van der Waals surface area contributed by atoms with Crippen LogP contribution in [-0.4, -0.2) is 46.5 Å². The zero-order chi connectivity index (χ0) is 20.8. The summed E-state index contributed by atoms with van der Waals surface area (Å²) in [7, 11) is 1.18. The molecule has 29 heavy (non-hydrogen) atoms. The lowest BCUT2D eigenvalue weighted by atomic mass is 9.99. The predicted octanol–water partition coefficient (Wildman–Crippen LogP) is 3.00. The summed E-state index contributed by atoms with van der Waals surface area (Å²) < 4.78 is 4.62. The summed E-state index contributed by atoms with van der Waals surface area (Å²) in [6.45, 7) is 0. The van der Waals surface area contributed by atoms with Gasteiger partial charge in [0, 0.05) is 18.2 Å². The fourth-order valence-electron chi connectivity index (χ4n) is 2.79. The van der Waals surface area contributed by atoms with Crippen LogP contribution in [-0.2, 0) is 9.53 Å². The number of fused-ring (bicyclic) bond motifs is 1. The highest BCUT2D eigenvalue weighted by Gasteiger charge is 2.34. The number of esters is 1. The first-order valence-electron chi connectivity index (χ1n) is 8.96. The molecular formula is C20H19N3O5S. The van der Waals surface area contributed by atoms with E-state index in [9.17, 15) is 19.2 Å². The molecule has 3 rings (SSSR count). The number of ketones is 2. The fraction of sp³-hybridized carbons (Fsp3) is 0.250. The van der Waals surface area contributed by atoms with Crippen molar-refractivity contribution in [2.45, 2.75) is 19.3 Å². The molecule has 0 atom stereocenters. The van der Waals surface area contributed by atoms with Crippen LogP contribution >= 0.6 is 11.8 Å². The lowest BCUT2D eigenvalue weighted by molar-refractivity contribution is -0.116. The Bertz CT molecular complexity index is 981. The standard InChI is InChI=1S/C20H19N3O5S/c1-28-20(27)18-16-17(22-23-18)13(24)11-14(19(16)26)29-10-6-5-9-15(25)21-12-7-3-2-4-8-12/h2-4,7-8,11H,5-6,9-10H2,1H3,(H,21,25)(H,22,23). The highest BCUT2D eigenvalue weighted by atomic mass is 32.2. The van der Waals surface area contributed by atoms with Crippen LogP contribution in [0.15, 0.2) is 41.3 Å². The second-order valence-electron chi connectivity index (χ2n) is 6.24. The van der Waals surface area contributed by atoms with Crippen molar-refractivity contribution in [1.29, 1.82) is 0 Å². The minimum atomic E-state index is -0.754. The van der Waals surface area contributed by atoms with E-state index in [1.54, 1.807) is 0 Å². The number of para-hydroxylation sites is 1.